The van der Waals surface area contributed by atoms with Crippen LogP contribution in [-0.4, -0.2) is 0 Å². The van der Waals surface area contributed by atoms with Crippen LogP contribution in [0.1, 0.15) is 68.2 Å². The zero-order chi connectivity index (χ0) is 19.5. The second kappa shape index (κ2) is 11.2. The van der Waals surface area contributed by atoms with Crippen molar-refractivity contribution in [2.45, 2.75) is 58.8 Å². The molecule has 0 heterocycles. The van der Waals surface area contributed by atoms with Crippen molar-refractivity contribution in [2.24, 2.45) is 0 Å². The molecule has 27 heavy (non-hydrogen) atoms. The van der Waals surface area contributed by atoms with Gasteiger partial charge in [-0.15, -0.1) is 0 Å². The predicted molar refractivity (Wildman–Crippen MR) is 108 cm³/mol. The predicted octanol–water partition coefficient (Wildman–Crippen LogP) is 6.44. The van der Waals surface area contributed by atoms with Gasteiger partial charge >= 0.3 is 0 Å². The van der Waals surface area contributed by atoms with Crippen LogP contribution >= 0.6 is 0 Å². The Bertz CT molecular complexity index is 855. The summed E-state index contributed by atoms with van der Waals surface area (Å²) in [5.74, 6) is 9.23. The third-order valence-electron chi connectivity index (χ3n) is 4.42. The number of hydrogen-bond donors (Lipinski definition) is 0. The first kappa shape index (κ1) is 20.7. The second-order valence-electron chi connectivity index (χ2n) is 6.66. The Morgan fingerprint density at radius 1 is 0.704 bits per heavy atom. The monoisotopic (exact) mass is 364 g/mol. The first-order valence-corrected chi connectivity index (χ1v) is 9.73. The normalized spacial score (nSPS) is 9.93. The van der Waals surface area contributed by atoms with Crippen LogP contribution in [0.5, 0.6) is 0 Å². The topological polar surface area (TPSA) is 0 Å². The second-order valence-corrected chi connectivity index (χ2v) is 6.66. The number of halogens is 2. The first-order valence-electron chi connectivity index (χ1n) is 9.73. The largest absolute Gasteiger partial charge is 0.203 e. The molecule has 0 atom stereocenters. The zero-order valence-corrected chi connectivity index (χ0v) is 16.2. The SMILES string of the molecule is CCCCCCc1ccc(C#CC#Cc2ccc(CCC)cc2)c(F)c1F. The standard InChI is InChI=1S/C25H26F2/c1-3-5-6-7-12-22-18-19-23(25(27)24(22)26)13-9-8-11-21-16-14-20(10-4-2)15-17-21/h14-19H,3-7,10,12H2,1-2H3. The van der Waals surface area contributed by atoms with Crippen LogP contribution in [-0.2, 0) is 12.8 Å². The summed E-state index contributed by atoms with van der Waals surface area (Å²) in [7, 11) is 0. The summed E-state index contributed by atoms with van der Waals surface area (Å²) in [5, 5.41) is 0. The lowest BCUT2D eigenvalue weighted by atomic mass is 10.0. The highest BCUT2D eigenvalue weighted by Crippen LogP contribution is 2.18. The third kappa shape index (κ3) is 6.58. The van der Waals surface area contributed by atoms with Crippen LogP contribution in [0.15, 0.2) is 36.4 Å². The number of rotatable bonds is 7. The van der Waals surface area contributed by atoms with Crippen molar-refractivity contribution in [1.29, 1.82) is 0 Å². The summed E-state index contributed by atoms with van der Waals surface area (Å²) in [5.41, 5.74) is 2.62. The van der Waals surface area contributed by atoms with Crippen molar-refractivity contribution in [3.63, 3.8) is 0 Å². The molecule has 0 fully saturated rings. The van der Waals surface area contributed by atoms with Crippen LogP contribution in [0.3, 0.4) is 0 Å². The molecule has 0 aliphatic heterocycles. The van der Waals surface area contributed by atoms with E-state index in [1.807, 2.05) is 12.1 Å². The Balaban J connectivity index is 2.03. The molecule has 0 aliphatic rings. The van der Waals surface area contributed by atoms with Gasteiger partial charge in [0.15, 0.2) is 11.6 Å². The molecule has 0 radical (unpaired) electrons. The van der Waals surface area contributed by atoms with E-state index in [1.54, 1.807) is 12.1 Å². The Kier molecular flexibility index (Phi) is 8.60. The molecule has 0 nitrogen and oxygen atoms in total. The summed E-state index contributed by atoms with van der Waals surface area (Å²) < 4.78 is 28.3. The Labute approximate surface area is 162 Å². The third-order valence-corrected chi connectivity index (χ3v) is 4.42. The number of hydrogen-bond acceptors (Lipinski definition) is 0. The van der Waals surface area contributed by atoms with E-state index in [0.717, 1.165) is 44.1 Å². The first-order chi connectivity index (χ1) is 13.2. The van der Waals surface area contributed by atoms with Gasteiger partial charge in [0.2, 0.25) is 0 Å². The summed E-state index contributed by atoms with van der Waals surface area (Å²) in [4.78, 5) is 0. The summed E-state index contributed by atoms with van der Waals surface area (Å²) >= 11 is 0. The van der Waals surface area contributed by atoms with Crippen molar-refractivity contribution >= 4 is 0 Å². The van der Waals surface area contributed by atoms with Crippen LogP contribution in [0.4, 0.5) is 8.78 Å². The van der Waals surface area contributed by atoms with Gasteiger partial charge in [-0.1, -0.05) is 63.7 Å². The highest BCUT2D eigenvalue weighted by molar-refractivity contribution is 5.46. The molecule has 2 aromatic carbocycles. The smallest absolute Gasteiger partial charge is 0.174 e. The molecule has 0 aliphatic carbocycles. The van der Waals surface area contributed by atoms with Crippen molar-refractivity contribution in [1.82, 2.24) is 0 Å². The molecule has 0 unspecified atom stereocenters. The maximum absolute atomic E-state index is 14.2. The number of aryl methyl sites for hydroxylation is 2. The Morgan fingerprint density at radius 3 is 2.15 bits per heavy atom. The van der Waals surface area contributed by atoms with Gasteiger partial charge in [0.25, 0.3) is 0 Å². The van der Waals surface area contributed by atoms with Gasteiger partial charge in [-0.05, 0) is 66.3 Å². The fourth-order valence-electron chi connectivity index (χ4n) is 2.87. The molecule has 0 spiro atoms. The minimum absolute atomic E-state index is 0.0531. The quantitative estimate of drug-likeness (QED) is 0.391. The molecule has 0 N–H and O–H groups in total. The maximum atomic E-state index is 14.2. The summed E-state index contributed by atoms with van der Waals surface area (Å²) in [6.07, 6.45) is 6.86. The van der Waals surface area contributed by atoms with Gasteiger partial charge in [-0.25, -0.2) is 8.78 Å². The molecule has 0 saturated heterocycles. The van der Waals surface area contributed by atoms with Crippen LogP contribution < -0.4 is 0 Å². The highest BCUT2D eigenvalue weighted by Gasteiger charge is 2.11. The molecule has 0 aromatic heterocycles. The van der Waals surface area contributed by atoms with Crippen LogP contribution in [0.25, 0.3) is 0 Å². The van der Waals surface area contributed by atoms with Crippen molar-refractivity contribution in [3.8, 4) is 23.7 Å². The summed E-state index contributed by atoms with van der Waals surface area (Å²) in [6, 6.07) is 11.2. The van der Waals surface area contributed by atoms with E-state index in [1.165, 1.54) is 5.56 Å². The van der Waals surface area contributed by atoms with E-state index < -0.39 is 11.6 Å². The van der Waals surface area contributed by atoms with Gasteiger partial charge in [-0.2, -0.15) is 0 Å². The van der Waals surface area contributed by atoms with Crippen LogP contribution in [0.2, 0.25) is 0 Å². The van der Waals surface area contributed by atoms with E-state index in [4.69, 9.17) is 0 Å². The molecule has 0 saturated carbocycles. The molecular formula is C25H26F2. The minimum atomic E-state index is -0.874. The fraction of sp³-hybridized carbons (Fsp3) is 0.360. The van der Waals surface area contributed by atoms with Gasteiger partial charge < -0.3 is 0 Å². The molecule has 2 rings (SSSR count). The number of benzene rings is 2. The van der Waals surface area contributed by atoms with E-state index in [2.05, 4.69) is 49.7 Å². The molecule has 140 valence electrons. The zero-order valence-electron chi connectivity index (χ0n) is 16.2. The molecule has 0 bridgehead atoms. The molecule has 0 amide bonds. The lowest BCUT2D eigenvalue weighted by Gasteiger charge is -2.05. The van der Waals surface area contributed by atoms with E-state index in [9.17, 15) is 8.78 Å². The van der Waals surface area contributed by atoms with Crippen molar-refractivity contribution in [2.75, 3.05) is 0 Å². The van der Waals surface area contributed by atoms with E-state index in [0.29, 0.717) is 12.0 Å². The minimum Gasteiger partial charge on any atom is -0.203 e. The average molecular weight is 364 g/mol. The highest BCUT2D eigenvalue weighted by atomic mass is 19.2. The van der Waals surface area contributed by atoms with E-state index in [-0.39, 0.29) is 5.56 Å². The molecule has 2 aromatic rings. The fourth-order valence-corrected chi connectivity index (χ4v) is 2.87. The lowest BCUT2D eigenvalue weighted by Crippen LogP contribution is -1.98. The van der Waals surface area contributed by atoms with Crippen molar-refractivity contribution < 1.29 is 8.78 Å². The summed E-state index contributed by atoms with van der Waals surface area (Å²) in [6.45, 7) is 4.27. The van der Waals surface area contributed by atoms with Gasteiger partial charge in [-0.3, -0.25) is 0 Å². The van der Waals surface area contributed by atoms with Gasteiger partial charge in [0.05, 0.1) is 5.56 Å². The Morgan fingerprint density at radius 2 is 1.44 bits per heavy atom. The van der Waals surface area contributed by atoms with E-state index >= 15 is 0 Å². The van der Waals surface area contributed by atoms with Gasteiger partial charge in [0, 0.05) is 5.56 Å². The molecular weight excluding hydrogens is 338 g/mol. The van der Waals surface area contributed by atoms with Gasteiger partial charge in [0.1, 0.15) is 0 Å². The number of unbranched alkanes of at least 4 members (excludes halogenated alkanes) is 3. The Hall–Kier alpha value is -2.58. The maximum Gasteiger partial charge on any atom is 0.174 e. The lowest BCUT2D eigenvalue weighted by molar-refractivity contribution is 0.493. The average Bonchev–Trinajstić information content (AvgIpc) is 2.68. The van der Waals surface area contributed by atoms with Crippen molar-refractivity contribution in [3.05, 3.63) is 70.3 Å². The molecule has 2 heteroatoms. The van der Waals surface area contributed by atoms with Crippen LogP contribution in [0, 0.1) is 35.3 Å².